The number of aromatic nitrogens is 4. The highest BCUT2D eigenvalue weighted by Crippen LogP contribution is 2.17. The zero-order valence-electron chi connectivity index (χ0n) is 13.5. The lowest BCUT2D eigenvalue weighted by molar-refractivity contribution is 0.0915. The van der Waals surface area contributed by atoms with Crippen LogP contribution in [0.2, 0.25) is 0 Å². The average molecular weight is 335 g/mol. The van der Waals surface area contributed by atoms with E-state index in [9.17, 15) is 14.7 Å². The van der Waals surface area contributed by atoms with E-state index in [-0.39, 0.29) is 12.2 Å². The van der Waals surface area contributed by atoms with Crippen molar-refractivity contribution in [2.24, 2.45) is 0 Å². The number of H-pyrrole nitrogens is 1. The van der Waals surface area contributed by atoms with E-state index < -0.39 is 11.8 Å². The molecule has 0 amide bonds. The Kier molecular flexibility index (Phi) is 4.65. The standard InChI is InChI=1S/C15H21N5O4/c1-10-6-14(23)19(15(24)16-10)4-2-18-3-5-20-11(8-18)7-12(17-20)13(22)9-21/h6-7,13,21-22H,2-5,8-9H2,1H3,(H,16,24). The van der Waals surface area contributed by atoms with E-state index in [1.807, 2.05) is 4.68 Å². The van der Waals surface area contributed by atoms with Crippen LogP contribution in [0.15, 0.2) is 21.7 Å². The monoisotopic (exact) mass is 335 g/mol. The van der Waals surface area contributed by atoms with Crippen LogP contribution in [-0.2, 0) is 19.6 Å². The quantitative estimate of drug-likeness (QED) is 0.618. The molecule has 9 heteroatoms. The molecule has 0 aliphatic carbocycles. The van der Waals surface area contributed by atoms with Crippen LogP contribution in [0.5, 0.6) is 0 Å². The Labute approximate surface area is 137 Å². The zero-order valence-corrected chi connectivity index (χ0v) is 13.5. The van der Waals surface area contributed by atoms with Crippen molar-refractivity contribution >= 4 is 0 Å². The average Bonchev–Trinajstić information content (AvgIpc) is 2.96. The fraction of sp³-hybridized carbons (Fsp3) is 0.533. The van der Waals surface area contributed by atoms with Crippen molar-refractivity contribution in [1.82, 2.24) is 24.2 Å². The molecule has 1 aliphatic heterocycles. The fourth-order valence-electron chi connectivity index (χ4n) is 2.88. The summed E-state index contributed by atoms with van der Waals surface area (Å²) in [5.41, 5.74) is 1.26. The van der Waals surface area contributed by atoms with Crippen LogP contribution in [0.1, 0.15) is 23.2 Å². The third-order valence-electron chi connectivity index (χ3n) is 4.21. The van der Waals surface area contributed by atoms with Gasteiger partial charge in [0.1, 0.15) is 6.10 Å². The Hall–Kier alpha value is -2.23. The Morgan fingerprint density at radius 3 is 2.79 bits per heavy atom. The topological polar surface area (TPSA) is 116 Å². The first kappa shape index (κ1) is 16.6. The molecule has 130 valence electrons. The number of hydrogen-bond acceptors (Lipinski definition) is 6. The highest BCUT2D eigenvalue weighted by molar-refractivity contribution is 5.14. The van der Waals surface area contributed by atoms with Crippen LogP contribution in [-0.4, -0.2) is 54.1 Å². The summed E-state index contributed by atoms with van der Waals surface area (Å²) >= 11 is 0. The number of rotatable bonds is 5. The zero-order chi connectivity index (χ0) is 17.3. The van der Waals surface area contributed by atoms with E-state index in [0.29, 0.717) is 37.6 Å². The van der Waals surface area contributed by atoms with E-state index in [2.05, 4.69) is 15.0 Å². The minimum atomic E-state index is -0.971. The van der Waals surface area contributed by atoms with E-state index in [1.54, 1.807) is 13.0 Å². The van der Waals surface area contributed by atoms with Crippen LogP contribution in [0, 0.1) is 6.92 Å². The van der Waals surface area contributed by atoms with Gasteiger partial charge < -0.3 is 15.2 Å². The predicted molar refractivity (Wildman–Crippen MR) is 85.6 cm³/mol. The van der Waals surface area contributed by atoms with Gasteiger partial charge in [-0.25, -0.2) is 4.79 Å². The normalized spacial score (nSPS) is 16.1. The van der Waals surface area contributed by atoms with Crippen molar-refractivity contribution in [3.8, 4) is 0 Å². The van der Waals surface area contributed by atoms with Crippen molar-refractivity contribution < 1.29 is 10.2 Å². The molecular formula is C15H21N5O4. The van der Waals surface area contributed by atoms with Gasteiger partial charge in [0.15, 0.2) is 0 Å². The lowest BCUT2D eigenvalue weighted by Crippen LogP contribution is -2.41. The largest absolute Gasteiger partial charge is 0.393 e. The lowest BCUT2D eigenvalue weighted by Gasteiger charge is -2.27. The molecule has 0 saturated carbocycles. The lowest BCUT2D eigenvalue weighted by atomic mass is 10.2. The summed E-state index contributed by atoms with van der Waals surface area (Å²) in [5, 5.41) is 23.0. The second-order valence-corrected chi connectivity index (χ2v) is 6.01. The molecule has 0 aromatic carbocycles. The summed E-state index contributed by atoms with van der Waals surface area (Å²) in [4.78, 5) is 28.5. The van der Waals surface area contributed by atoms with Gasteiger partial charge >= 0.3 is 5.69 Å². The third-order valence-corrected chi connectivity index (χ3v) is 4.21. The van der Waals surface area contributed by atoms with Crippen LogP contribution in [0.25, 0.3) is 0 Å². The molecule has 3 N–H and O–H groups in total. The van der Waals surface area contributed by atoms with Crippen LogP contribution in [0.4, 0.5) is 0 Å². The maximum absolute atomic E-state index is 11.9. The molecule has 1 aliphatic rings. The Morgan fingerprint density at radius 2 is 2.08 bits per heavy atom. The number of nitrogens with zero attached hydrogens (tertiary/aromatic N) is 4. The maximum atomic E-state index is 11.9. The molecule has 0 radical (unpaired) electrons. The highest BCUT2D eigenvalue weighted by atomic mass is 16.3. The van der Waals surface area contributed by atoms with Gasteiger partial charge in [0, 0.05) is 37.9 Å². The summed E-state index contributed by atoms with van der Waals surface area (Å²) < 4.78 is 3.01. The van der Waals surface area contributed by atoms with Crippen molar-refractivity contribution in [3.63, 3.8) is 0 Å². The second kappa shape index (κ2) is 6.71. The molecule has 0 fully saturated rings. The van der Waals surface area contributed by atoms with Gasteiger partial charge in [0.05, 0.1) is 24.5 Å². The molecule has 0 bridgehead atoms. The van der Waals surface area contributed by atoms with Gasteiger partial charge in [-0.2, -0.15) is 5.10 Å². The number of aliphatic hydroxyl groups is 2. The predicted octanol–water partition coefficient (Wildman–Crippen LogP) is -1.42. The number of nitrogens with one attached hydrogen (secondary N) is 1. The number of aromatic amines is 1. The van der Waals surface area contributed by atoms with Gasteiger partial charge in [-0.15, -0.1) is 0 Å². The van der Waals surface area contributed by atoms with Crippen molar-refractivity contribution in [2.75, 3.05) is 19.7 Å². The first-order valence-corrected chi connectivity index (χ1v) is 7.86. The van der Waals surface area contributed by atoms with Crippen molar-refractivity contribution in [2.45, 2.75) is 32.7 Å². The molecular weight excluding hydrogens is 314 g/mol. The first-order valence-electron chi connectivity index (χ1n) is 7.86. The smallest absolute Gasteiger partial charge is 0.328 e. The SMILES string of the molecule is Cc1cc(=O)n(CCN2CCn3nc(C(O)CO)cc3C2)c(=O)[nH]1. The number of fused-ring (bicyclic) bond motifs is 1. The third kappa shape index (κ3) is 3.32. The number of aryl methyl sites for hydroxylation is 1. The molecule has 2 aromatic heterocycles. The van der Waals surface area contributed by atoms with Crippen LogP contribution in [0.3, 0.4) is 0 Å². The molecule has 1 unspecified atom stereocenters. The van der Waals surface area contributed by atoms with E-state index in [1.165, 1.54) is 10.6 Å². The first-order chi connectivity index (χ1) is 11.5. The summed E-state index contributed by atoms with van der Waals surface area (Å²) in [5.74, 6) is 0. The van der Waals surface area contributed by atoms with Gasteiger partial charge in [0.25, 0.3) is 5.56 Å². The van der Waals surface area contributed by atoms with Gasteiger partial charge in [-0.05, 0) is 13.0 Å². The molecule has 3 heterocycles. The van der Waals surface area contributed by atoms with Crippen LogP contribution < -0.4 is 11.2 Å². The van der Waals surface area contributed by atoms with Crippen molar-refractivity contribution in [1.29, 1.82) is 0 Å². The summed E-state index contributed by atoms with van der Waals surface area (Å²) in [7, 11) is 0. The molecule has 1 atom stereocenters. The van der Waals surface area contributed by atoms with Gasteiger partial charge in [-0.3, -0.25) is 18.9 Å². The molecule has 0 saturated heterocycles. The minimum Gasteiger partial charge on any atom is -0.393 e. The van der Waals surface area contributed by atoms with Crippen molar-refractivity contribution in [3.05, 3.63) is 50.1 Å². The van der Waals surface area contributed by atoms with Crippen LogP contribution >= 0.6 is 0 Å². The Bertz CT molecular complexity index is 806. The number of aliphatic hydroxyl groups excluding tert-OH is 2. The van der Waals surface area contributed by atoms with E-state index in [4.69, 9.17) is 5.11 Å². The summed E-state index contributed by atoms with van der Waals surface area (Å²) in [6.45, 7) is 4.21. The highest BCUT2D eigenvalue weighted by Gasteiger charge is 2.21. The molecule has 9 nitrogen and oxygen atoms in total. The minimum absolute atomic E-state index is 0.299. The second-order valence-electron chi connectivity index (χ2n) is 6.01. The van der Waals surface area contributed by atoms with E-state index >= 15 is 0 Å². The van der Waals surface area contributed by atoms with Gasteiger partial charge in [-0.1, -0.05) is 0 Å². The van der Waals surface area contributed by atoms with Gasteiger partial charge in [0.2, 0.25) is 0 Å². The maximum Gasteiger partial charge on any atom is 0.328 e. The number of hydrogen-bond donors (Lipinski definition) is 3. The molecule has 24 heavy (non-hydrogen) atoms. The Balaban J connectivity index is 1.68. The fourth-order valence-corrected chi connectivity index (χ4v) is 2.88. The molecule has 3 rings (SSSR count). The summed E-state index contributed by atoms with van der Waals surface area (Å²) in [6, 6.07) is 3.19. The van der Waals surface area contributed by atoms with E-state index in [0.717, 1.165) is 12.2 Å². The summed E-state index contributed by atoms with van der Waals surface area (Å²) in [6.07, 6.45) is -0.971. The molecule has 2 aromatic rings. The molecule has 0 spiro atoms. The Morgan fingerprint density at radius 1 is 1.29 bits per heavy atom.